The van der Waals surface area contributed by atoms with Gasteiger partial charge in [-0.1, -0.05) is 13.8 Å². The van der Waals surface area contributed by atoms with E-state index in [1.54, 1.807) is 4.90 Å². The molecule has 1 unspecified atom stereocenters. The van der Waals surface area contributed by atoms with Gasteiger partial charge in [-0.2, -0.15) is 8.78 Å². The largest absolute Gasteiger partial charge is 0.416 e. The maximum absolute atomic E-state index is 12.3. The molecular formula is C9H17F4NO2. The molecule has 0 heterocycles. The third kappa shape index (κ3) is 5.62. The van der Waals surface area contributed by atoms with Gasteiger partial charge >= 0.3 is 12.5 Å². The molecule has 1 N–H and O–H groups in total. The molecule has 0 spiro atoms. The Kier molecular flexibility index (Phi) is 6.85. The fourth-order valence-corrected chi connectivity index (χ4v) is 1.10. The van der Waals surface area contributed by atoms with Crippen molar-refractivity contribution in [1.29, 1.82) is 0 Å². The lowest BCUT2D eigenvalue weighted by Crippen LogP contribution is -2.38. The van der Waals surface area contributed by atoms with Crippen LogP contribution < -0.4 is 0 Å². The highest BCUT2D eigenvalue weighted by Gasteiger charge is 2.42. The summed E-state index contributed by atoms with van der Waals surface area (Å²) in [6, 6.07) is 0. The Morgan fingerprint density at radius 1 is 1.25 bits per heavy atom. The summed E-state index contributed by atoms with van der Waals surface area (Å²) in [4.78, 5) is 1.77. The fraction of sp³-hybridized carbons (Fsp3) is 1.00. The molecule has 3 nitrogen and oxygen atoms in total. The van der Waals surface area contributed by atoms with Crippen LogP contribution in [0.5, 0.6) is 0 Å². The third-order valence-corrected chi connectivity index (χ3v) is 2.09. The van der Waals surface area contributed by atoms with E-state index in [-0.39, 0.29) is 6.54 Å². The van der Waals surface area contributed by atoms with Gasteiger partial charge < -0.3 is 14.7 Å². The van der Waals surface area contributed by atoms with Gasteiger partial charge in [-0.3, -0.25) is 0 Å². The number of hydrogen-bond acceptors (Lipinski definition) is 3. The van der Waals surface area contributed by atoms with Gasteiger partial charge in [0.05, 0.1) is 12.7 Å². The molecule has 0 saturated heterocycles. The maximum Gasteiger partial charge on any atom is 0.416 e. The van der Waals surface area contributed by atoms with E-state index in [1.165, 1.54) is 0 Å². The van der Waals surface area contributed by atoms with E-state index >= 15 is 0 Å². The van der Waals surface area contributed by atoms with Crippen LogP contribution in [0.1, 0.15) is 13.8 Å². The number of rotatable bonds is 8. The Labute approximate surface area is 92.0 Å². The van der Waals surface area contributed by atoms with Crippen molar-refractivity contribution in [2.75, 3.05) is 26.2 Å². The Morgan fingerprint density at radius 3 is 2.12 bits per heavy atom. The van der Waals surface area contributed by atoms with Crippen LogP contribution >= 0.6 is 0 Å². The number of halogens is 4. The standard InChI is InChI=1S/C9H17F4NO2/c1-3-14(4-2)5-7(15)6-16-9(12,13)8(10)11/h7-8,15H,3-6H2,1-2H3. The van der Waals surface area contributed by atoms with Crippen molar-refractivity contribution < 1.29 is 27.4 Å². The van der Waals surface area contributed by atoms with Gasteiger partial charge in [0.15, 0.2) is 0 Å². The number of ether oxygens (including phenoxy) is 1. The molecule has 0 radical (unpaired) electrons. The lowest BCUT2D eigenvalue weighted by molar-refractivity contribution is -0.306. The first-order valence-corrected chi connectivity index (χ1v) is 5.03. The van der Waals surface area contributed by atoms with E-state index in [1.807, 2.05) is 13.8 Å². The fourth-order valence-electron chi connectivity index (χ4n) is 1.10. The van der Waals surface area contributed by atoms with Crippen LogP contribution in [0, 0.1) is 0 Å². The first-order chi connectivity index (χ1) is 7.33. The molecular weight excluding hydrogens is 230 g/mol. The Balaban J connectivity index is 3.93. The van der Waals surface area contributed by atoms with E-state index in [4.69, 9.17) is 0 Å². The van der Waals surface area contributed by atoms with Crippen LogP contribution in [0.25, 0.3) is 0 Å². The highest BCUT2D eigenvalue weighted by Crippen LogP contribution is 2.24. The summed E-state index contributed by atoms with van der Waals surface area (Å²) in [5, 5.41) is 9.28. The molecule has 0 aromatic carbocycles. The highest BCUT2D eigenvalue weighted by molar-refractivity contribution is 4.64. The van der Waals surface area contributed by atoms with Crippen molar-refractivity contribution in [2.45, 2.75) is 32.5 Å². The van der Waals surface area contributed by atoms with Crippen molar-refractivity contribution in [3.8, 4) is 0 Å². The summed E-state index contributed by atoms with van der Waals surface area (Å²) in [7, 11) is 0. The third-order valence-electron chi connectivity index (χ3n) is 2.09. The second-order valence-corrected chi connectivity index (χ2v) is 3.31. The summed E-state index contributed by atoms with van der Waals surface area (Å²) >= 11 is 0. The molecule has 0 aliphatic carbocycles. The first-order valence-electron chi connectivity index (χ1n) is 5.03. The second kappa shape index (κ2) is 7.03. The average Bonchev–Trinajstić information content (AvgIpc) is 2.23. The molecule has 0 fully saturated rings. The van der Waals surface area contributed by atoms with Gasteiger partial charge in [-0.25, -0.2) is 8.78 Å². The van der Waals surface area contributed by atoms with Crippen LogP contribution in [0.4, 0.5) is 17.6 Å². The SMILES string of the molecule is CCN(CC)CC(O)COC(F)(F)C(F)F. The summed E-state index contributed by atoms with van der Waals surface area (Å²) < 4.78 is 51.7. The zero-order valence-electron chi connectivity index (χ0n) is 9.30. The van der Waals surface area contributed by atoms with Crippen LogP contribution in [0.2, 0.25) is 0 Å². The smallest absolute Gasteiger partial charge is 0.389 e. The van der Waals surface area contributed by atoms with Crippen LogP contribution in [0.3, 0.4) is 0 Å². The first kappa shape index (κ1) is 15.6. The van der Waals surface area contributed by atoms with Crippen molar-refractivity contribution in [3.05, 3.63) is 0 Å². The summed E-state index contributed by atoms with van der Waals surface area (Å²) in [5.41, 5.74) is 0. The Bertz CT molecular complexity index is 188. The number of aliphatic hydroxyl groups is 1. The molecule has 0 aliphatic heterocycles. The number of aliphatic hydroxyl groups excluding tert-OH is 1. The minimum absolute atomic E-state index is 0.117. The molecule has 0 amide bonds. The topological polar surface area (TPSA) is 32.7 Å². The lowest BCUT2D eigenvalue weighted by Gasteiger charge is -2.23. The van der Waals surface area contributed by atoms with Gasteiger partial charge in [0.25, 0.3) is 0 Å². The normalized spacial score (nSPS) is 14.8. The molecule has 0 aromatic rings. The molecule has 16 heavy (non-hydrogen) atoms. The summed E-state index contributed by atoms with van der Waals surface area (Å²) in [6.45, 7) is 4.26. The molecule has 0 aliphatic rings. The number of nitrogens with zero attached hydrogens (tertiary/aromatic N) is 1. The summed E-state index contributed by atoms with van der Waals surface area (Å²) in [5.74, 6) is 0. The predicted molar refractivity (Wildman–Crippen MR) is 50.7 cm³/mol. The van der Waals surface area contributed by atoms with E-state index in [9.17, 15) is 22.7 Å². The minimum Gasteiger partial charge on any atom is -0.389 e. The lowest BCUT2D eigenvalue weighted by atomic mass is 10.3. The van der Waals surface area contributed by atoms with E-state index in [2.05, 4.69) is 4.74 Å². The van der Waals surface area contributed by atoms with Crippen LogP contribution in [-0.4, -0.2) is 54.9 Å². The average molecular weight is 247 g/mol. The quantitative estimate of drug-likeness (QED) is 0.661. The van der Waals surface area contributed by atoms with E-state index in [0.717, 1.165) is 0 Å². The molecule has 98 valence electrons. The van der Waals surface area contributed by atoms with Crippen LogP contribution in [0.15, 0.2) is 0 Å². The Hall–Kier alpha value is -0.400. The second-order valence-electron chi connectivity index (χ2n) is 3.31. The number of hydrogen-bond donors (Lipinski definition) is 1. The molecule has 7 heteroatoms. The van der Waals surface area contributed by atoms with Gasteiger partial charge in [-0.15, -0.1) is 0 Å². The Morgan fingerprint density at radius 2 is 1.75 bits per heavy atom. The molecule has 0 rings (SSSR count). The van der Waals surface area contributed by atoms with Gasteiger partial charge in [0.1, 0.15) is 0 Å². The summed E-state index contributed by atoms with van der Waals surface area (Å²) in [6.07, 6.45) is -9.58. The molecule has 0 aromatic heterocycles. The van der Waals surface area contributed by atoms with Gasteiger partial charge in [0, 0.05) is 6.54 Å². The zero-order valence-corrected chi connectivity index (χ0v) is 9.30. The molecule has 0 bridgehead atoms. The molecule has 1 atom stereocenters. The minimum atomic E-state index is -4.50. The van der Waals surface area contributed by atoms with E-state index in [0.29, 0.717) is 13.1 Å². The maximum atomic E-state index is 12.3. The van der Waals surface area contributed by atoms with Crippen molar-refractivity contribution in [2.24, 2.45) is 0 Å². The molecule has 0 saturated carbocycles. The van der Waals surface area contributed by atoms with Gasteiger partial charge in [0.2, 0.25) is 0 Å². The van der Waals surface area contributed by atoms with Crippen LogP contribution in [-0.2, 0) is 4.74 Å². The van der Waals surface area contributed by atoms with Gasteiger partial charge in [-0.05, 0) is 13.1 Å². The highest BCUT2D eigenvalue weighted by atomic mass is 19.3. The number of alkyl halides is 4. The zero-order chi connectivity index (χ0) is 12.8. The monoisotopic (exact) mass is 247 g/mol. The number of likely N-dealkylation sites (N-methyl/N-ethyl adjacent to an activating group) is 1. The van der Waals surface area contributed by atoms with Crippen molar-refractivity contribution >= 4 is 0 Å². The predicted octanol–water partition coefficient (Wildman–Crippen LogP) is 1.56. The van der Waals surface area contributed by atoms with Crippen molar-refractivity contribution in [1.82, 2.24) is 4.90 Å². The van der Waals surface area contributed by atoms with E-state index < -0.39 is 25.2 Å². The van der Waals surface area contributed by atoms with Crippen molar-refractivity contribution in [3.63, 3.8) is 0 Å².